The highest BCUT2D eigenvalue weighted by atomic mass is 16.7. The lowest BCUT2D eigenvalue weighted by atomic mass is 9.99. The first-order valence-corrected chi connectivity index (χ1v) is 6.21. The fraction of sp³-hybridized carbons (Fsp3) is 0.909. The minimum atomic E-state index is -1.53. The summed E-state index contributed by atoms with van der Waals surface area (Å²) in [5.74, 6) is -0.308. The van der Waals surface area contributed by atoms with Crippen LogP contribution in [0.2, 0.25) is 0 Å². The van der Waals surface area contributed by atoms with Gasteiger partial charge in [-0.1, -0.05) is 0 Å². The van der Waals surface area contributed by atoms with Crippen molar-refractivity contribution in [2.45, 2.75) is 43.7 Å². The second kappa shape index (κ2) is 7.84. The molecule has 0 radical (unpaired) electrons. The van der Waals surface area contributed by atoms with Crippen LogP contribution in [0.5, 0.6) is 0 Å². The SMILES string of the molecule is CC(=O)NC[C@@H](O)CO[C@@H]1O[C@H](CO)[C@H](O)[C@H](O)[C@H]1O. The summed E-state index contributed by atoms with van der Waals surface area (Å²) in [6.07, 6.45) is -7.88. The quantitative estimate of drug-likeness (QED) is 0.293. The molecule has 1 rings (SSSR count). The molecular formula is C11H21NO8. The molecular weight excluding hydrogens is 274 g/mol. The second-order valence-electron chi connectivity index (χ2n) is 4.62. The van der Waals surface area contributed by atoms with E-state index in [1.807, 2.05) is 0 Å². The van der Waals surface area contributed by atoms with E-state index in [1.165, 1.54) is 6.92 Å². The maximum Gasteiger partial charge on any atom is 0.216 e. The van der Waals surface area contributed by atoms with Crippen LogP contribution in [-0.2, 0) is 14.3 Å². The van der Waals surface area contributed by atoms with Gasteiger partial charge < -0.3 is 40.3 Å². The third-order valence-electron chi connectivity index (χ3n) is 2.89. The molecule has 9 nitrogen and oxygen atoms in total. The van der Waals surface area contributed by atoms with E-state index in [2.05, 4.69) is 5.32 Å². The van der Waals surface area contributed by atoms with Crippen molar-refractivity contribution in [1.82, 2.24) is 5.32 Å². The number of aliphatic hydroxyl groups is 5. The zero-order valence-electron chi connectivity index (χ0n) is 11.0. The molecule has 6 N–H and O–H groups in total. The smallest absolute Gasteiger partial charge is 0.216 e. The Morgan fingerprint density at radius 3 is 2.50 bits per heavy atom. The van der Waals surface area contributed by atoms with E-state index >= 15 is 0 Å². The molecule has 0 saturated carbocycles. The standard InChI is InChI=1S/C11H21NO8/c1-5(14)12-2-6(15)4-19-11-10(18)9(17)8(16)7(3-13)20-11/h6-11,13,15-18H,2-4H2,1H3,(H,12,14)/t6-,7-,8+,9+,10-,11-/m1/s1. The first-order valence-electron chi connectivity index (χ1n) is 6.21. The van der Waals surface area contributed by atoms with Crippen LogP contribution in [0.3, 0.4) is 0 Å². The first-order chi connectivity index (χ1) is 9.36. The molecule has 118 valence electrons. The molecule has 1 aliphatic heterocycles. The molecule has 9 heteroatoms. The van der Waals surface area contributed by atoms with Crippen LogP contribution < -0.4 is 5.32 Å². The molecule has 0 aliphatic carbocycles. The molecule has 0 unspecified atom stereocenters. The molecule has 0 aromatic rings. The number of hydrogen-bond donors (Lipinski definition) is 6. The molecule has 0 aromatic carbocycles. The van der Waals surface area contributed by atoms with Gasteiger partial charge in [0.2, 0.25) is 5.91 Å². The van der Waals surface area contributed by atoms with Gasteiger partial charge in [-0.2, -0.15) is 0 Å². The van der Waals surface area contributed by atoms with Gasteiger partial charge >= 0.3 is 0 Å². The normalized spacial score (nSPS) is 35.6. The molecule has 0 aromatic heterocycles. The highest BCUT2D eigenvalue weighted by molar-refractivity contribution is 5.72. The maximum absolute atomic E-state index is 10.7. The summed E-state index contributed by atoms with van der Waals surface area (Å²) in [7, 11) is 0. The van der Waals surface area contributed by atoms with Crippen molar-refractivity contribution in [2.75, 3.05) is 19.8 Å². The topological polar surface area (TPSA) is 149 Å². The van der Waals surface area contributed by atoms with E-state index in [-0.39, 0.29) is 19.1 Å². The largest absolute Gasteiger partial charge is 0.394 e. The molecule has 1 saturated heterocycles. The van der Waals surface area contributed by atoms with Gasteiger partial charge in [0.1, 0.15) is 24.4 Å². The predicted octanol–water partition coefficient (Wildman–Crippen LogP) is -3.70. The van der Waals surface area contributed by atoms with Crippen LogP contribution >= 0.6 is 0 Å². The minimum Gasteiger partial charge on any atom is -0.394 e. The van der Waals surface area contributed by atoms with E-state index < -0.39 is 43.4 Å². The summed E-state index contributed by atoms with van der Waals surface area (Å²) in [4.78, 5) is 10.7. The third-order valence-corrected chi connectivity index (χ3v) is 2.89. The molecule has 1 amide bonds. The fourth-order valence-corrected chi connectivity index (χ4v) is 1.73. The lowest BCUT2D eigenvalue weighted by Crippen LogP contribution is -2.59. The van der Waals surface area contributed by atoms with Gasteiger partial charge in [-0.25, -0.2) is 0 Å². The van der Waals surface area contributed by atoms with E-state index in [0.717, 1.165) is 0 Å². The summed E-state index contributed by atoms with van der Waals surface area (Å²) in [5.41, 5.74) is 0. The molecule has 6 atom stereocenters. The van der Waals surface area contributed by atoms with Gasteiger partial charge in [0.25, 0.3) is 0 Å². The van der Waals surface area contributed by atoms with Gasteiger partial charge in [0, 0.05) is 13.5 Å². The third kappa shape index (κ3) is 4.63. The molecule has 20 heavy (non-hydrogen) atoms. The Balaban J connectivity index is 2.43. The average Bonchev–Trinajstić information content (AvgIpc) is 2.42. The van der Waals surface area contributed by atoms with Crippen LogP contribution in [0.1, 0.15) is 6.92 Å². The van der Waals surface area contributed by atoms with Gasteiger partial charge in [-0.05, 0) is 0 Å². The number of carbonyl (C=O) groups is 1. The number of aliphatic hydroxyl groups excluding tert-OH is 5. The Bertz CT molecular complexity index is 313. The van der Waals surface area contributed by atoms with Crippen LogP contribution in [-0.4, -0.2) is 88.0 Å². The Hall–Kier alpha value is -0.810. The molecule has 0 spiro atoms. The van der Waals surface area contributed by atoms with Crippen LogP contribution in [0.25, 0.3) is 0 Å². The van der Waals surface area contributed by atoms with E-state index in [1.54, 1.807) is 0 Å². The fourth-order valence-electron chi connectivity index (χ4n) is 1.73. The summed E-state index contributed by atoms with van der Waals surface area (Å²) in [6, 6.07) is 0. The number of amides is 1. The number of carbonyl (C=O) groups excluding carboxylic acids is 1. The second-order valence-corrected chi connectivity index (χ2v) is 4.62. The Labute approximate surface area is 115 Å². The molecule has 1 heterocycles. The maximum atomic E-state index is 10.7. The van der Waals surface area contributed by atoms with Crippen molar-refractivity contribution >= 4 is 5.91 Å². The zero-order chi connectivity index (χ0) is 15.3. The van der Waals surface area contributed by atoms with Gasteiger partial charge in [0.15, 0.2) is 6.29 Å². The van der Waals surface area contributed by atoms with Gasteiger partial charge in [-0.3, -0.25) is 4.79 Å². The number of ether oxygens (including phenoxy) is 2. The lowest BCUT2D eigenvalue weighted by molar-refractivity contribution is -0.304. The van der Waals surface area contributed by atoms with Crippen molar-refractivity contribution in [3.63, 3.8) is 0 Å². The minimum absolute atomic E-state index is 0.0350. The van der Waals surface area contributed by atoms with Crippen molar-refractivity contribution in [3.8, 4) is 0 Å². The van der Waals surface area contributed by atoms with Crippen molar-refractivity contribution in [3.05, 3.63) is 0 Å². The van der Waals surface area contributed by atoms with E-state index in [0.29, 0.717) is 0 Å². The Morgan fingerprint density at radius 1 is 1.30 bits per heavy atom. The van der Waals surface area contributed by atoms with Crippen molar-refractivity contribution < 1.29 is 39.8 Å². The molecule has 1 aliphatic rings. The summed E-state index contributed by atoms with van der Waals surface area (Å²) >= 11 is 0. The monoisotopic (exact) mass is 295 g/mol. The highest BCUT2D eigenvalue weighted by Gasteiger charge is 2.44. The summed E-state index contributed by atoms with van der Waals surface area (Å²) < 4.78 is 10.2. The molecule has 1 fully saturated rings. The molecule has 0 bridgehead atoms. The first kappa shape index (κ1) is 17.2. The van der Waals surface area contributed by atoms with Crippen molar-refractivity contribution in [2.24, 2.45) is 0 Å². The van der Waals surface area contributed by atoms with E-state index in [9.17, 15) is 25.2 Å². The highest BCUT2D eigenvalue weighted by Crippen LogP contribution is 2.21. The Morgan fingerprint density at radius 2 is 1.95 bits per heavy atom. The Kier molecular flexibility index (Phi) is 6.76. The number of nitrogens with one attached hydrogen (secondary N) is 1. The zero-order valence-corrected chi connectivity index (χ0v) is 11.0. The number of hydrogen-bond acceptors (Lipinski definition) is 8. The van der Waals surface area contributed by atoms with Crippen LogP contribution in [0.15, 0.2) is 0 Å². The lowest BCUT2D eigenvalue weighted by Gasteiger charge is -2.39. The van der Waals surface area contributed by atoms with Crippen molar-refractivity contribution in [1.29, 1.82) is 0 Å². The average molecular weight is 295 g/mol. The van der Waals surface area contributed by atoms with E-state index in [4.69, 9.17) is 14.6 Å². The van der Waals surface area contributed by atoms with Crippen LogP contribution in [0, 0.1) is 0 Å². The van der Waals surface area contributed by atoms with Gasteiger partial charge in [-0.15, -0.1) is 0 Å². The predicted molar refractivity (Wildman–Crippen MR) is 64.4 cm³/mol. The number of rotatable bonds is 6. The van der Waals surface area contributed by atoms with Gasteiger partial charge in [0.05, 0.1) is 19.3 Å². The van der Waals surface area contributed by atoms with Crippen LogP contribution in [0.4, 0.5) is 0 Å². The summed E-state index contributed by atoms with van der Waals surface area (Å²) in [5, 5.41) is 49.6. The summed E-state index contributed by atoms with van der Waals surface area (Å²) in [6.45, 7) is 0.445.